The van der Waals surface area contributed by atoms with E-state index in [1.165, 1.54) is 38.5 Å². The molecule has 0 aliphatic carbocycles. The number of hydrogen-bond acceptors (Lipinski definition) is 5. The number of hydrogen-bond donors (Lipinski definition) is 1. The quantitative estimate of drug-likeness (QED) is 0.707. The minimum Gasteiger partial charge on any atom is -0.494 e. The molecule has 1 N–H and O–H groups in total. The van der Waals surface area contributed by atoms with E-state index < -0.39 is 29.6 Å². The highest BCUT2D eigenvalue weighted by Crippen LogP contribution is 2.36. The molecule has 0 fully saturated rings. The van der Waals surface area contributed by atoms with E-state index in [1.54, 1.807) is 13.0 Å². The molecule has 0 aliphatic heterocycles. The molecule has 2 atom stereocenters. The highest BCUT2D eigenvalue weighted by Gasteiger charge is 2.28. The van der Waals surface area contributed by atoms with E-state index in [0.29, 0.717) is 5.56 Å². The number of halogens is 2. The third-order valence-corrected chi connectivity index (χ3v) is 4.19. The largest absolute Gasteiger partial charge is 0.494 e. The first-order valence-corrected chi connectivity index (χ1v) is 8.41. The van der Waals surface area contributed by atoms with Crippen molar-refractivity contribution in [3.05, 3.63) is 59.2 Å². The van der Waals surface area contributed by atoms with Gasteiger partial charge in [0.15, 0.2) is 23.1 Å². The molecule has 0 heterocycles. The monoisotopic (exact) mass is 380 g/mol. The zero-order valence-corrected chi connectivity index (χ0v) is 15.4. The molecule has 2 rings (SSSR count). The molecule has 2 aromatic rings. The molecule has 0 amide bonds. The van der Waals surface area contributed by atoms with Crippen molar-refractivity contribution in [1.82, 2.24) is 0 Å². The number of aliphatic hydroxyl groups is 1. The number of benzene rings is 2. The van der Waals surface area contributed by atoms with Crippen molar-refractivity contribution in [2.75, 3.05) is 20.8 Å². The van der Waals surface area contributed by atoms with Gasteiger partial charge in [0.2, 0.25) is 0 Å². The van der Waals surface area contributed by atoms with Gasteiger partial charge < -0.3 is 19.3 Å². The lowest BCUT2D eigenvalue weighted by Crippen LogP contribution is -2.17. The van der Waals surface area contributed by atoms with Crippen LogP contribution in [0.1, 0.15) is 36.5 Å². The molecule has 0 aliphatic rings. The maximum absolute atomic E-state index is 14.1. The summed E-state index contributed by atoms with van der Waals surface area (Å²) in [6, 6.07) is 8.14. The third-order valence-electron chi connectivity index (χ3n) is 4.19. The van der Waals surface area contributed by atoms with E-state index in [0.717, 1.165) is 6.07 Å². The second kappa shape index (κ2) is 9.32. The first kappa shape index (κ1) is 20.6. The van der Waals surface area contributed by atoms with E-state index in [9.17, 15) is 18.7 Å². The minimum absolute atomic E-state index is 0.0309. The Kier molecular flexibility index (Phi) is 7.12. The summed E-state index contributed by atoms with van der Waals surface area (Å²) in [7, 11) is 2.67. The lowest BCUT2D eigenvalue weighted by atomic mass is 9.86. The molecule has 0 spiro atoms. The second-order valence-corrected chi connectivity index (χ2v) is 5.85. The van der Waals surface area contributed by atoms with Crippen molar-refractivity contribution in [1.29, 1.82) is 0 Å². The van der Waals surface area contributed by atoms with Crippen LogP contribution in [0.3, 0.4) is 0 Å². The number of carbonyl (C=O) groups excluding carboxylic acids is 1. The Bertz CT molecular complexity index is 794. The molecule has 0 saturated carbocycles. The van der Waals surface area contributed by atoms with Gasteiger partial charge in [-0.3, -0.25) is 4.79 Å². The average Bonchev–Trinajstić information content (AvgIpc) is 2.65. The van der Waals surface area contributed by atoms with E-state index in [-0.39, 0.29) is 30.1 Å². The van der Waals surface area contributed by atoms with Crippen LogP contribution in [0, 0.1) is 11.6 Å². The lowest BCUT2D eigenvalue weighted by Gasteiger charge is -2.24. The predicted molar refractivity (Wildman–Crippen MR) is 94.9 cm³/mol. The van der Waals surface area contributed by atoms with Crippen LogP contribution in [0.15, 0.2) is 36.4 Å². The summed E-state index contributed by atoms with van der Waals surface area (Å²) in [5.41, 5.74) is 0.601. The van der Waals surface area contributed by atoms with Crippen LogP contribution in [-0.4, -0.2) is 31.9 Å². The summed E-state index contributed by atoms with van der Waals surface area (Å²) in [5.74, 6) is -2.59. The standard InChI is InChI=1S/C20H22F2O5/c1-4-27-19(23)11-14(12-5-7-17(25-2)15(21)9-12)20(24)13-6-8-18(26-3)16(22)10-13/h5-10,14,20,24H,4,11H2,1-3H3. The second-order valence-electron chi connectivity index (χ2n) is 5.85. The zero-order valence-electron chi connectivity index (χ0n) is 15.4. The van der Waals surface area contributed by atoms with Crippen LogP contribution in [0.2, 0.25) is 0 Å². The molecule has 27 heavy (non-hydrogen) atoms. The smallest absolute Gasteiger partial charge is 0.306 e. The van der Waals surface area contributed by atoms with Crippen molar-refractivity contribution in [2.24, 2.45) is 0 Å². The van der Waals surface area contributed by atoms with Crippen LogP contribution < -0.4 is 9.47 Å². The van der Waals surface area contributed by atoms with Gasteiger partial charge in [-0.2, -0.15) is 0 Å². The summed E-state index contributed by atoms with van der Waals surface area (Å²) < 4.78 is 42.9. The number of rotatable bonds is 8. The van der Waals surface area contributed by atoms with Crippen molar-refractivity contribution >= 4 is 5.97 Å². The van der Waals surface area contributed by atoms with Gasteiger partial charge >= 0.3 is 5.97 Å². The molecule has 5 nitrogen and oxygen atoms in total. The van der Waals surface area contributed by atoms with Gasteiger partial charge in [-0.15, -0.1) is 0 Å². The van der Waals surface area contributed by atoms with Crippen LogP contribution in [0.25, 0.3) is 0 Å². The van der Waals surface area contributed by atoms with Crippen LogP contribution in [-0.2, 0) is 9.53 Å². The predicted octanol–water partition coefficient (Wildman–Crippen LogP) is 3.75. The number of carbonyl (C=O) groups is 1. The number of methoxy groups -OCH3 is 2. The third kappa shape index (κ3) is 4.95. The summed E-state index contributed by atoms with van der Waals surface area (Å²) in [6.45, 7) is 1.84. The Morgan fingerprint density at radius 3 is 2.00 bits per heavy atom. The Labute approximate surface area is 156 Å². The molecular formula is C20H22F2O5. The molecule has 2 unspecified atom stereocenters. The molecule has 0 radical (unpaired) electrons. The fraction of sp³-hybridized carbons (Fsp3) is 0.350. The Balaban J connectivity index is 2.40. The van der Waals surface area contributed by atoms with Crippen molar-refractivity contribution in [3.8, 4) is 11.5 Å². The first-order chi connectivity index (χ1) is 12.9. The number of aliphatic hydroxyl groups excluding tert-OH is 1. The summed E-state index contributed by atoms with van der Waals surface area (Å²) in [6.07, 6.45) is -1.46. The summed E-state index contributed by atoms with van der Waals surface area (Å²) >= 11 is 0. The van der Waals surface area contributed by atoms with Gasteiger partial charge in [-0.1, -0.05) is 12.1 Å². The van der Waals surface area contributed by atoms with Gasteiger partial charge in [0.05, 0.1) is 33.4 Å². The van der Waals surface area contributed by atoms with Crippen LogP contribution in [0.5, 0.6) is 11.5 Å². The Morgan fingerprint density at radius 2 is 1.52 bits per heavy atom. The van der Waals surface area contributed by atoms with Crippen LogP contribution >= 0.6 is 0 Å². The highest BCUT2D eigenvalue weighted by atomic mass is 19.1. The van der Waals surface area contributed by atoms with Crippen LogP contribution in [0.4, 0.5) is 8.78 Å². The number of ether oxygens (including phenoxy) is 3. The summed E-state index contributed by atoms with van der Waals surface area (Å²) in [5, 5.41) is 10.8. The van der Waals surface area contributed by atoms with E-state index in [2.05, 4.69) is 0 Å². The lowest BCUT2D eigenvalue weighted by molar-refractivity contribution is -0.144. The van der Waals surface area contributed by atoms with E-state index in [1.807, 2.05) is 0 Å². The van der Waals surface area contributed by atoms with Gasteiger partial charge in [0.25, 0.3) is 0 Å². The van der Waals surface area contributed by atoms with Gasteiger partial charge in [0.1, 0.15) is 0 Å². The fourth-order valence-corrected chi connectivity index (χ4v) is 2.82. The Morgan fingerprint density at radius 1 is 1.00 bits per heavy atom. The topological polar surface area (TPSA) is 65.0 Å². The van der Waals surface area contributed by atoms with Crippen molar-refractivity contribution in [3.63, 3.8) is 0 Å². The van der Waals surface area contributed by atoms with Gasteiger partial charge in [-0.05, 0) is 42.3 Å². The molecule has 0 bridgehead atoms. The van der Waals surface area contributed by atoms with E-state index in [4.69, 9.17) is 14.2 Å². The van der Waals surface area contributed by atoms with Crippen molar-refractivity contribution < 1.29 is 32.9 Å². The minimum atomic E-state index is -1.26. The normalized spacial score (nSPS) is 13.0. The molecule has 7 heteroatoms. The van der Waals surface area contributed by atoms with Gasteiger partial charge in [0, 0.05) is 5.92 Å². The first-order valence-electron chi connectivity index (χ1n) is 8.41. The highest BCUT2D eigenvalue weighted by molar-refractivity contribution is 5.70. The van der Waals surface area contributed by atoms with Crippen molar-refractivity contribution in [2.45, 2.75) is 25.4 Å². The molecule has 0 saturated heterocycles. The average molecular weight is 380 g/mol. The fourth-order valence-electron chi connectivity index (χ4n) is 2.82. The maximum Gasteiger partial charge on any atom is 0.306 e. The van der Waals surface area contributed by atoms with Gasteiger partial charge in [-0.25, -0.2) is 8.78 Å². The molecule has 0 aromatic heterocycles. The summed E-state index contributed by atoms with van der Waals surface area (Å²) in [4.78, 5) is 12.0. The number of esters is 1. The Hall–Kier alpha value is -2.67. The SMILES string of the molecule is CCOC(=O)CC(c1ccc(OC)c(F)c1)C(O)c1ccc(OC)c(F)c1. The molecule has 2 aromatic carbocycles. The maximum atomic E-state index is 14.1. The van der Waals surface area contributed by atoms with E-state index >= 15 is 0 Å². The zero-order chi connectivity index (χ0) is 20.0. The molecule has 146 valence electrons. The molecular weight excluding hydrogens is 358 g/mol.